The van der Waals surface area contributed by atoms with Crippen molar-refractivity contribution in [3.8, 4) is 5.75 Å². The summed E-state index contributed by atoms with van der Waals surface area (Å²) in [5.74, 6) is 2.73. The third-order valence-corrected chi connectivity index (χ3v) is 5.83. The number of aliphatic hydroxyl groups is 1. The smallest absolute Gasteiger partial charge is 0.406 e. The molecule has 0 aliphatic carbocycles. The van der Waals surface area contributed by atoms with Gasteiger partial charge in [0.05, 0.1) is 18.7 Å². The molecule has 1 heterocycles. The van der Waals surface area contributed by atoms with Crippen LogP contribution in [-0.2, 0) is 29.1 Å². The number of hydrazine groups is 1. The summed E-state index contributed by atoms with van der Waals surface area (Å²) in [5.41, 5.74) is 4.93. The molecule has 0 saturated heterocycles. The number of benzene rings is 2. The Kier molecular flexibility index (Phi) is 14.0. The maximum absolute atomic E-state index is 14.6. The Hall–Kier alpha value is -4.96. The van der Waals surface area contributed by atoms with Crippen LogP contribution in [0.25, 0.3) is 0 Å². The molecular formula is C29H33F5N6O5. The lowest BCUT2D eigenvalue weighted by molar-refractivity contribution is -0.274. The lowest BCUT2D eigenvalue weighted by Crippen LogP contribution is -2.36. The molecule has 2 amide bonds. The number of aliphatic hydroxyl groups excluding tert-OH is 1. The van der Waals surface area contributed by atoms with E-state index in [1.54, 1.807) is 30.3 Å². The topological polar surface area (TPSA) is 165 Å². The number of hydrogen-bond acceptors (Lipinski definition) is 8. The highest BCUT2D eigenvalue weighted by atomic mass is 19.4. The molecule has 0 saturated carbocycles. The monoisotopic (exact) mass is 640 g/mol. The number of nitrogens with zero attached hydrogens (tertiary/aromatic N) is 2. The first-order valence-corrected chi connectivity index (χ1v) is 13.2. The average Bonchev–Trinajstić information content (AvgIpc) is 2.98. The van der Waals surface area contributed by atoms with Crippen molar-refractivity contribution in [2.75, 3.05) is 19.0 Å². The second-order valence-corrected chi connectivity index (χ2v) is 9.30. The number of carbonyl (C=O) groups is 2. The van der Waals surface area contributed by atoms with Crippen LogP contribution in [0.15, 0.2) is 83.6 Å². The molecule has 3 rings (SSSR count). The van der Waals surface area contributed by atoms with Gasteiger partial charge in [-0.05, 0) is 35.7 Å². The van der Waals surface area contributed by atoms with E-state index in [0.717, 1.165) is 35.0 Å². The van der Waals surface area contributed by atoms with Gasteiger partial charge in [-0.1, -0.05) is 42.5 Å². The highest BCUT2D eigenvalue weighted by Gasteiger charge is 2.31. The first-order valence-electron chi connectivity index (χ1n) is 13.2. The van der Waals surface area contributed by atoms with E-state index in [1.165, 1.54) is 24.4 Å². The van der Waals surface area contributed by atoms with Crippen LogP contribution in [0.5, 0.6) is 5.75 Å². The summed E-state index contributed by atoms with van der Waals surface area (Å²) in [5, 5.41) is 12.6. The summed E-state index contributed by atoms with van der Waals surface area (Å²) in [6.07, 6.45) is -4.56. The molecule has 2 aromatic carbocycles. The molecule has 0 fully saturated rings. The Morgan fingerprint density at radius 1 is 1.09 bits per heavy atom. The summed E-state index contributed by atoms with van der Waals surface area (Å²) in [6, 6.07) is 14.9. The highest BCUT2D eigenvalue weighted by Crippen LogP contribution is 2.23. The largest absolute Gasteiger partial charge is 0.573 e. The maximum atomic E-state index is 14.6. The van der Waals surface area contributed by atoms with Crippen LogP contribution in [0.4, 0.5) is 27.6 Å². The van der Waals surface area contributed by atoms with Gasteiger partial charge in [-0.3, -0.25) is 14.4 Å². The fourth-order valence-corrected chi connectivity index (χ4v) is 3.82. The molecule has 1 atom stereocenters. The number of nitrogens with two attached hydrogens (primary N) is 2. The second kappa shape index (κ2) is 17.4. The van der Waals surface area contributed by atoms with Gasteiger partial charge in [-0.25, -0.2) is 10.2 Å². The van der Waals surface area contributed by atoms with Crippen molar-refractivity contribution >= 4 is 17.5 Å². The molecule has 45 heavy (non-hydrogen) atoms. The first-order chi connectivity index (χ1) is 21.3. The van der Waals surface area contributed by atoms with Gasteiger partial charge < -0.3 is 35.8 Å². The van der Waals surface area contributed by atoms with Crippen molar-refractivity contribution in [3.05, 3.63) is 106 Å². The van der Waals surface area contributed by atoms with Gasteiger partial charge in [-0.2, -0.15) is 4.39 Å². The van der Waals surface area contributed by atoms with Crippen LogP contribution in [0.1, 0.15) is 17.5 Å². The van der Waals surface area contributed by atoms with E-state index in [0.29, 0.717) is 11.1 Å². The van der Waals surface area contributed by atoms with Crippen molar-refractivity contribution in [1.29, 1.82) is 0 Å². The van der Waals surface area contributed by atoms with Gasteiger partial charge in [-0.15, -0.1) is 13.2 Å². The number of halogens is 5. The summed E-state index contributed by atoms with van der Waals surface area (Å²) >= 11 is 0. The zero-order valence-electron chi connectivity index (χ0n) is 24.1. The molecule has 0 aliphatic rings. The zero-order chi connectivity index (χ0) is 33.6. The molecule has 7 N–H and O–H groups in total. The van der Waals surface area contributed by atoms with Crippen molar-refractivity contribution in [2.45, 2.75) is 38.5 Å². The molecule has 244 valence electrons. The summed E-state index contributed by atoms with van der Waals surface area (Å²) < 4.78 is 71.1. The van der Waals surface area contributed by atoms with E-state index >= 15 is 0 Å². The number of anilines is 1. The van der Waals surface area contributed by atoms with Gasteiger partial charge >= 0.3 is 6.36 Å². The molecular weight excluding hydrogens is 607 g/mol. The van der Waals surface area contributed by atoms with Gasteiger partial charge in [0.1, 0.15) is 17.6 Å². The molecule has 1 unspecified atom stereocenters. The number of pyridine rings is 1. The molecule has 0 spiro atoms. The third kappa shape index (κ3) is 12.7. The molecule has 1 aromatic heterocycles. The molecule has 0 radical (unpaired) electrons. The summed E-state index contributed by atoms with van der Waals surface area (Å²) in [7, 11) is 1.00. The maximum Gasteiger partial charge on any atom is 0.573 e. The SMILES string of the molecule is CO.N/C(=C\N(N)CC(F)CCn1ccc(NC(=O)Cc2ccccc2)c(F)c1=O)C(=O)NCc1cccc(OC(F)(F)F)c1. The predicted octanol–water partition coefficient (Wildman–Crippen LogP) is 2.70. The lowest BCUT2D eigenvalue weighted by Gasteiger charge is -2.18. The minimum atomic E-state index is -4.87. The van der Waals surface area contributed by atoms with Gasteiger partial charge in [0.25, 0.3) is 11.5 Å². The number of ether oxygens (including phenoxy) is 1. The number of amides is 2. The number of aryl methyl sites for hydroxylation is 1. The fraction of sp³-hybridized carbons (Fsp3) is 0.276. The lowest BCUT2D eigenvalue weighted by atomic mass is 10.1. The number of nitrogens with one attached hydrogen (secondary N) is 2. The van der Waals surface area contributed by atoms with Gasteiger partial charge in [0, 0.05) is 32.6 Å². The second-order valence-electron chi connectivity index (χ2n) is 9.30. The van der Waals surface area contributed by atoms with Crippen LogP contribution in [0.3, 0.4) is 0 Å². The number of hydrogen-bond donors (Lipinski definition) is 5. The number of alkyl halides is 4. The molecule has 0 bridgehead atoms. The van der Waals surface area contributed by atoms with Crippen LogP contribution >= 0.6 is 0 Å². The molecule has 0 aliphatic heterocycles. The molecule has 11 nitrogen and oxygen atoms in total. The van der Waals surface area contributed by atoms with E-state index in [-0.39, 0.29) is 31.6 Å². The summed E-state index contributed by atoms with van der Waals surface area (Å²) in [4.78, 5) is 36.8. The van der Waals surface area contributed by atoms with E-state index in [9.17, 15) is 36.3 Å². The van der Waals surface area contributed by atoms with Crippen molar-refractivity contribution in [1.82, 2.24) is 14.9 Å². The molecule has 3 aromatic rings. The Bertz CT molecular complexity index is 1500. The van der Waals surface area contributed by atoms with E-state index < -0.39 is 53.7 Å². The number of aromatic nitrogens is 1. The van der Waals surface area contributed by atoms with E-state index in [4.69, 9.17) is 16.7 Å². The van der Waals surface area contributed by atoms with Crippen molar-refractivity contribution < 1.29 is 41.4 Å². The van der Waals surface area contributed by atoms with Gasteiger partial charge in [0.15, 0.2) is 0 Å². The fourth-order valence-electron chi connectivity index (χ4n) is 3.82. The van der Waals surface area contributed by atoms with E-state index in [1.807, 2.05) is 0 Å². The first kappa shape index (κ1) is 36.2. The third-order valence-electron chi connectivity index (χ3n) is 5.83. The Morgan fingerprint density at radius 3 is 2.42 bits per heavy atom. The average molecular weight is 641 g/mol. The Balaban J connectivity index is 0.00000345. The van der Waals surface area contributed by atoms with E-state index in [2.05, 4.69) is 15.4 Å². The zero-order valence-corrected chi connectivity index (χ0v) is 24.1. The van der Waals surface area contributed by atoms with Crippen LogP contribution in [0.2, 0.25) is 0 Å². The highest BCUT2D eigenvalue weighted by molar-refractivity contribution is 5.92. The normalized spacial score (nSPS) is 12.0. The van der Waals surface area contributed by atoms with Crippen LogP contribution in [0, 0.1) is 5.82 Å². The predicted molar refractivity (Wildman–Crippen MR) is 155 cm³/mol. The summed E-state index contributed by atoms with van der Waals surface area (Å²) in [6.45, 7) is -0.824. The van der Waals surface area contributed by atoms with Crippen LogP contribution in [-0.4, -0.2) is 52.7 Å². The minimum absolute atomic E-state index is 0.0161. The number of carbonyl (C=O) groups excluding carboxylic acids is 2. The Labute approximate surface area is 254 Å². The van der Waals surface area contributed by atoms with Crippen molar-refractivity contribution in [2.24, 2.45) is 11.6 Å². The Morgan fingerprint density at radius 2 is 1.76 bits per heavy atom. The standard InChI is InChI=1S/C28H29F5N6O4.CH4O/c29-20(9-11-38-12-10-23(25(30)27(38)42)37-24(40)14-18-5-2-1-3-6-18)16-39(35)17-22(34)26(41)36-15-19-7-4-8-21(13-19)43-28(31,32)33;1-2/h1-8,10,12-13,17,20H,9,11,14-16,34-35H2,(H,36,41)(H,37,40);2H,1H3/b22-17-;. The van der Waals surface area contributed by atoms with Gasteiger partial charge in [0.2, 0.25) is 11.7 Å². The minimum Gasteiger partial charge on any atom is -0.406 e. The van der Waals surface area contributed by atoms with Crippen LogP contribution < -0.4 is 32.5 Å². The quantitative estimate of drug-likeness (QED) is 0.0824. The van der Waals surface area contributed by atoms with Crippen molar-refractivity contribution in [3.63, 3.8) is 0 Å². The number of rotatable bonds is 13. The molecule has 16 heteroatoms.